The van der Waals surface area contributed by atoms with Crippen LogP contribution in [0.3, 0.4) is 0 Å². The summed E-state index contributed by atoms with van der Waals surface area (Å²) in [6.07, 6.45) is 1.07. The fraction of sp³-hybridized carbons (Fsp3) is 0.389. The molecule has 0 saturated heterocycles. The van der Waals surface area contributed by atoms with Gasteiger partial charge in [0.1, 0.15) is 0 Å². The van der Waals surface area contributed by atoms with Gasteiger partial charge in [0.05, 0.1) is 6.10 Å². The van der Waals surface area contributed by atoms with Crippen molar-refractivity contribution in [3.63, 3.8) is 0 Å². The Balaban J connectivity index is 2.29. The number of ether oxygens (including phenoxy) is 2. The van der Waals surface area contributed by atoms with Crippen molar-refractivity contribution in [2.24, 2.45) is 0 Å². The van der Waals surface area contributed by atoms with Gasteiger partial charge in [-0.05, 0) is 29.7 Å². The van der Waals surface area contributed by atoms with Crippen LogP contribution in [0.15, 0.2) is 42.5 Å². The molecule has 0 aliphatic heterocycles. The molecule has 112 valence electrons. The Morgan fingerprint density at radius 1 is 1.14 bits per heavy atom. The molecule has 2 aromatic carbocycles. The zero-order valence-corrected chi connectivity index (χ0v) is 12.8. The molecule has 0 amide bonds. The van der Waals surface area contributed by atoms with E-state index in [1.165, 1.54) is 7.11 Å². The number of hydrogen-bond acceptors (Lipinski definition) is 3. The van der Waals surface area contributed by atoms with Crippen LogP contribution >= 0.6 is 0 Å². The molecule has 0 heterocycles. The molecule has 0 radical (unpaired) electrons. The maximum absolute atomic E-state index is 12.4. The molecule has 0 bridgehead atoms. The van der Waals surface area contributed by atoms with Crippen LogP contribution in [0, 0.1) is 0 Å². The molecular weight excluding hydrogens is 264 g/mol. The molecule has 2 aromatic rings. The average molecular weight is 286 g/mol. The number of hydrogen-bond donors (Lipinski definition) is 0. The van der Waals surface area contributed by atoms with Crippen molar-refractivity contribution in [2.45, 2.75) is 38.9 Å². The number of rotatable bonds is 6. The van der Waals surface area contributed by atoms with E-state index in [1.54, 1.807) is 0 Å². The number of fused-ring (bicyclic) bond motifs is 1. The molecule has 0 unspecified atom stereocenters. The van der Waals surface area contributed by atoms with E-state index in [0.717, 1.165) is 29.2 Å². The Kier molecular flexibility index (Phi) is 5.34. The van der Waals surface area contributed by atoms with E-state index < -0.39 is 6.10 Å². The molecule has 0 fully saturated rings. The van der Waals surface area contributed by atoms with Crippen molar-refractivity contribution in [3.8, 4) is 0 Å². The van der Waals surface area contributed by atoms with Crippen molar-refractivity contribution in [3.05, 3.63) is 48.0 Å². The molecule has 3 nitrogen and oxygen atoms in total. The van der Waals surface area contributed by atoms with Gasteiger partial charge in [0.25, 0.3) is 0 Å². The van der Waals surface area contributed by atoms with E-state index in [9.17, 15) is 4.79 Å². The van der Waals surface area contributed by atoms with E-state index in [1.807, 2.05) is 49.4 Å². The minimum absolute atomic E-state index is 0.0878. The summed E-state index contributed by atoms with van der Waals surface area (Å²) < 4.78 is 10.9. The molecule has 0 aliphatic rings. The molecule has 0 saturated carbocycles. The first-order valence-corrected chi connectivity index (χ1v) is 7.38. The average Bonchev–Trinajstić information content (AvgIpc) is 2.48. The third-order valence-corrected chi connectivity index (χ3v) is 3.57. The first-order valence-electron chi connectivity index (χ1n) is 7.38. The summed E-state index contributed by atoms with van der Waals surface area (Å²) in [6, 6.07) is 13.8. The fourth-order valence-corrected chi connectivity index (χ4v) is 2.55. The Bertz CT molecular complexity index is 601. The molecule has 3 heteroatoms. The van der Waals surface area contributed by atoms with Crippen LogP contribution in [0.5, 0.6) is 0 Å². The maximum Gasteiger partial charge on any atom is 0.340 e. The minimum Gasteiger partial charge on any atom is -0.460 e. The van der Waals surface area contributed by atoms with Gasteiger partial charge in [-0.15, -0.1) is 0 Å². The van der Waals surface area contributed by atoms with Crippen LogP contribution < -0.4 is 0 Å². The van der Waals surface area contributed by atoms with Gasteiger partial charge in [-0.25, -0.2) is 4.79 Å². The molecule has 21 heavy (non-hydrogen) atoms. The largest absolute Gasteiger partial charge is 0.460 e. The van der Waals surface area contributed by atoms with Crippen LogP contribution in [0.1, 0.15) is 38.4 Å². The van der Waals surface area contributed by atoms with E-state index in [4.69, 9.17) is 9.47 Å². The molecular formula is C18H22O3. The third-order valence-electron chi connectivity index (χ3n) is 3.57. The number of carbonyl (C=O) groups is 1. The molecule has 0 aliphatic carbocycles. The van der Waals surface area contributed by atoms with Crippen LogP contribution in [-0.2, 0) is 14.3 Å². The van der Waals surface area contributed by atoms with E-state index in [2.05, 4.69) is 6.92 Å². The van der Waals surface area contributed by atoms with Gasteiger partial charge in [0.2, 0.25) is 0 Å². The highest BCUT2D eigenvalue weighted by molar-refractivity contribution is 5.90. The van der Waals surface area contributed by atoms with Gasteiger partial charge in [-0.2, -0.15) is 0 Å². The second-order valence-corrected chi connectivity index (χ2v) is 5.22. The lowest BCUT2D eigenvalue weighted by Crippen LogP contribution is -2.22. The predicted octanol–water partition coefficient (Wildman–Crippen LogP) is 4.26. The smallest absolute Gasteiger partial charge is 0.340 e. The molecule has 2 atom stereocenters. The summed E-state index contributed by atoms with van der Waals surface area (Å²) in [6.45, 7) is 3.99. The highest BCUT2D eigenvalue weighted by Gasteiger charge is 2.25. The van der Waals surface area contributed by atoms with E-state index in [-0.39, 0.29) is 12.1 Å². The van der Waals surface area contributed by atoms with Crippen LogP contribution in [0.2, 0.25) is 0 Å². The standard InChI is InChI=1S/C18H22O3/c1-4-8-13(2)21-18(19)17(20-3)16-12-7-10-14-9-5-6-11-15(14)16/h5-7,9-13,17H,4,8H2,1-3H3/t13-,17+/m0/s1. The Hall–Kier alpha value is -1.87. The summed E-state index contributed by atoms with van der Waals surface area (Å²) in [7, 11) is 1.54. The van der Waals surface area contributed by atoms with Crippen molar-refractivity contribution >= 4 is 16.7 Å². The molecule has 0 spiro atoms. The van der Waals surface area contributed by atoms with Gasteiger partial charge in [-0.1, -0.05) is 55.8 Å². The molecule has 0 aromatic heterocycles. The summed E-state index contributed by atoms with van der Waals surface area (Å²) >= 11 is 0. The minimum atomic E-state index is -0.685. The van der Waals surface area contributed by atoms with Crippen molar-refractivity contribution < 1.29 is 14.3 Å². The van der Waals surface area contributed by atoms with Crippen molar-refractivity contribution in [1.29, 1.82) is 0 Å². The highest BCUT2D eigenvalue weighted by atomic mass is 16.6. The second kappa shape index (κ2) is 7.23. The highest BCUT2D eigenvalue weighted by Crippen LogP contribution is 2.27. The predicted molar refractivity (Wildman–Crippen MR) is 84.2 cm³/mol. The van der Waals surface area contributed by atoms with Gasteiger partial charge in [0, 0.05) is 7.11 Å². The molecule has 0 N–H and O–H groups in total. The topological polar surface area (TPSA) is 35.5 Å². The van der Waals surface area contributed by atoms with Gasteiger partial charge >= 0.3 is 5.97 Å². The zero-order chi connectivity index (χ0) is 15.2. The van der Waals surface area contributed by atoms with Gasteiger partial charge in [0.15, 0.2) is 6.10 Å². The van der Waals surface area contributed by atoms with Gasteiger partial charge < -0.3 is 9.47 Å². The lowest BCUT2D eigenvalue weighted by Gasteiger charge is -2.19. The van der Waals surface area contributed by atoms with Gasteiger partial charge in [-0.3, -0.25) is 0 Å². The second-order valence-electron chi connectivity index (χ2n) is 5.22. The third kappa shape index (κ3) is 3.61. The Morgan fingerprint density at radius 2 is 1.86 bits per heavy atom. The summed E-state index contributed by atoms with van der Waals surface area (Å²) in [4.78, 5) is 12.4. The first-order chi connectivity index (χ1) is 10.2. The SMILES string of the molecule is CCC[C@H](C)OC(=O)[C@H](OC)c1cccc2ccccc12. The number of methoxy groups -OCH3 is 1. The monoisotopic (exact) mass is 286 g/mol. The van der Waals surface area contributed by atoms with Crippen LogP contribution in [0.4, 0.5) is 0 Å². The number of carbonyl (C=O) groups excluding carboxylic acids is 1. The first kappa shape index (κ1) is 15.5. The zero-order valence-electron chi connectivity index (χ0n) is 12.8. The lowest BCUT2D eigenvalue weighted by atomic mass is 10.0. The number of benzene rings is 2. The Morgan fingerprint density at radius 3 is 2.57 bits per heavy atom. The van der Waals surface area contributed by atoms with E-state index >= 15 is 0 Å². The lowest BCUT2D eigenvalue weighted by molar-refractivity contribution is -0.160. The van der Waals surface area contributed by atoms with Crippen molar-refractivity contribution in [1.82, 2.24) is 0 Å². The van der Waals surface area contributed by atoms with Crippen LogP contribution in [0.25, 0.3) is 10.8 Å². The Labute approximate surface area is 125 Å². The van der Waals surface area contributed by atoms with Crippen LogP contribution in [-0.4, -0.2) is 19.2 Å². The van der Waals surface area contributed by atoms with E-state index in [0.29, 0.717) is 0 Å². The maximum atomic E-state index is 12.4. The molecule has 2 rings (SSSR count). The fourth-order valence-electron chi connectivity index (χ4n) is 2.55. The normalized spacial score (nSPS) is 13.9. The number of esters is 1. The summed E-state index contributed by atoms with van der Waals surface area (Å²) in [5, 5.41) is 2.11. The quantitative estimate of drug-likeness (QED) is 0.744. The summed E-state index contributed by atoms with van der Waals surface area (Å²) in [5.41, 5.74) is 0.851. The summed E-state index contributed by atoms with van der Waals surface area (Å²) in [5.74, 6) is -0.324. The van der Waals surface area contributed by atoms with Crippen molar-refractivity contribution in [2.75, 3.05) is 7.11 Å².